The second kappa shape index (κ2) is 3.63. The lowest BCUT2D eigenvalue weighted by Crippen LogP contribution is -2.01. The van der Waals surface area contributed by atoms with Crippen molar-refractivity contribution in [1.82, 2.24) is 4.98 Å². The predicted molar refractivity (Wildman–Crippen MR) is 43.3 cm³/mol. The minimum absolute atomic E-state index is 0.0187. The van der Waals surface area contributed by atoms with Crippen LogP contribution in [0.4, 0.5) is 0 Å². The van der Waals surface area contributed by atoms with E-state index in [-0.39, 0.29) is 12.2 Å². The molecule has 0 aliphatic carbocycles. The lowest BCUT2D eigenvalue weighted by molar-refractivity contribution is -0.116. The van der Waals surface area contributed by atoms with Crippen molar-refractivity contribution >= 4 is 5.78 Å². The summed E-state index contributed by atoms with van der Waals surface area (Å²) in [6, 6.07) is 5.33. The van der Waals surface area contributed by atoms with Crippen LogP contribution in [0.1, 0.15) is 18.2 Å². The van der Waals surface area contributed by atoms with Gasteiger partial charge < -0.3 is 0 Å². The molecule has 0 spiro atoms. The van der Waals surface area contributed by atoms with Gasteiger partial charge in [0.25, 0.3) is 0 Å². The molecule has 0 saturated heterocycles. The van der Waals surface area contributed by atoms with Gasteiger partial charge >= 0.3 is 0 Å². The largest absolute Gasteiger partial charge is 0.300 e. The monoisotopic (exact) mass is 160 g/mol. The maximum atomic E-state index is 10.7. The number of carbonyl (C=O) groups excluding carboxylic acids is 1. The molecule has 0 radical (unpaired) electrons. The molecule has 0 aliphatic heterocycles. The van der Waals surface area contributed by atoms with Crippen molar-refractivity contribution in [3.63, 3.8) is 0 Å². The Morgan fingerprint density at radius 1 is 1.75 bits per heavy atom. The number of hydrogen-bond donors (Lipinski definition) is 0. The first kappa shape index (κ1) is 8.41. The zero-order valence-corrected chi connectivity index (χ0v) is 6.74. The van der Waals surface area contributed by atoms with Crippen LogP contribution in [0.2, 0.25) is 0 Å². The average Bonchev–Trinajstić information content (AvgIpc) is 2.04. The molecule has 12 heavy (non-hydrogen) atoms. The van der Waals surface area contributed by atoms with Crippen molar-refractivity contribution in [2.45, 2.75) is 13.3 Å². The van der Waals surface area contributed by atoms with E-state index in [9.17, 15) is 4.79 Å². The number of pyridine rings is 1. The van der Waals surface area contributed by atoms with E-state index in [1.165, 1.54) is 6.92 Å². The fourth-order valence-electron chi connectivity index (χ4n) is 0.916. The summed E-state index contributed by atoms with van der Waals surface area (Å²) in [6.45, 7) is 1.48. The van der Waals surface area contributed by atoms with Gasteiger partial charge in [0.05, 0.1) is 11.3 Å². The number of nitriles is 1. The second-order valence-corrected chi connectivity index (χ2v) is 2.49. The number of rotatable bonds is 2. The molecule has 1 heterocycles. The fraction of sp³-hybridized carbons (Fsp3) is 0.222. The zero-order valence-electron chi connectivity index (χ0n) is 6.74. The van der Waals surface area contributed by atoms with Crippen LogP contribution in [0.3, 0.4) is 0 Å². The third kappa shape index (κ3) is 1.89. The van der Waals surface area contributed by atoms with E-state index in [4.69, 9.17) is 5.26 Å². The second-order valence-electron chi connectivity index (χ2n) is 2.49. The van der Waals surface area contributed by atoms with Crippen LogP contribution in [0, 0.1) is 11.3 Å². The molecule has 1 rings (SSSR count). The van der Waals surface area contributed by atoms with Gasteiger partial charge in [-0.3, -0.25) is 9.78 Å². The summed E-state index contributed by atoms with van der Waals surface area (Å²) in [4.78, 5) is 14.7. The molecule has 0 unspecified atom stereocenters. The van der Waals surface area contributed by atoms with Crippen LogP contribution in [0.15, 0.2) is 18.3 Å². The topological polar surface area (TPSA) is 53.8 Å². The molecule has 0 aromatic carbocycles. The number of nitrogens with zero attached hydrogens (tertiary/aromatic N) is 2. The number of Topliss-reactive ketones (excluding diaryl/α,β-unsaturated/α-hetero) is 1. The molecule has 3 heteroatoms. The molecule has 0 amide bonds. The highest BCUT2D eigenvalue weighted by molar-refractivity contribution is 5.78. The summed E-state index contributed by atoms with van der Waals surface area (Å²) in [5.41, 5.74) is 1.04. The highest BCUT2D eigenvalue weighted by atomic mass is 16.1. The van der Waals surface area contributed by atoms with E-state index in [0.717, 1.165) is 0 Å². The molecule has 3 nitrogen and oxygen atoms in total. The van der Waals surface area contributed by atoms with Gasteiger partial charge in [0.15, 0.2) is 0 Å². The lowest BCUT2D eigenvalue weighted by Gasteiger charge is -1.97. The van der Waals surface area contributed by atoms with E-state index >= 15 is 0 Å². The Balaban J connectivity index is 2.99. The summed E-state index contributed by atoms with van der Waals surface area (Å²) >= 11 is 0. The quantitative estimate of drug-likeness (QED) is 0.650. The Labute approximate surface area is 70.7 Å². The van der Waals surface area contributed by atoms with Gasteiger partial charge in [0, 0.05) is 12.6 Å². The molecule has 1 aromatic rings. The van der Waals surface area contributed by atoms with Gasteiger partial charge in [-0.05, 0) is 19.1 Å². The molecule has 0 bridgehead atoms. The van der Waals surface area contributed by atoms with Gasteiger partial charge in [0.1, 0.15) is 11.9 Å². The van der Waals surface area contributed by atoms with E-state index in [2.05, 4.69) is 4.98 Å². The minimum atomic E-state index is 0.0187. The van der Waals surface area contributed by atoms with Crippen molar-refractivity contribution in [2.75, 3.05) is 0 Å². The molecule has 0 fully saturated rings. The van der Waals surface area contributed by atoms with E-state index < -0.39 is 0 Å². The van der Waals surface area contributed by atoms with Crippen LogP contribution < -0.4 is 0 Å². The summed E-state index contributed by atoms with van der Waals surface area (Å²) in [5.74, 6) is 0.0187. The highest BCUT2D eigenvalue weighted by Crippen LogP contribution is 2.04. The van der Waals surface area contributed by atoms with Crippen LogP contribution in [0.5, 0.6) is 0 Å². The molecule has 1 aromatic heterocycles. The molecule has 0 aliphatic rings. The molecule has 0 atom stereocenters. The van der Waals surface area contributed by atoms with Crippen molar-refractivity contribution in [3.8, 4) is 6.07 Å². The molecule has 60 valence electrons. The summed E-state index contributed by atoms with van der Waals surface area (Å²) in [5, 5.41) is 8.63. The number of aromatic nitrogens is 1. The third-order valence-corrected chi connectivity index (χ3v) is 1.43. The SMILES string of the molecule is CC(=O)Cc1ncccc1C#N. The van der Waals surface area contributed by atoms with Gasteiger partial charge in [-0.15, -0.1) is 0 Å². The number of hydrogen-bond acceptors (Lipinski definition) is 3. The minimum Gasteiger partial charge on any atom is -0.300 e. The normalized spacial score (nSPS) is 9.00. The first-order valence-electron chi connectivity index (χ1n) is 3.57. The van der Waals surface area contributed by atoms with E-state index in [1.54, 1.807) is 18.3 Å². The maximum absolute atomic E-state index is 10.7. The molecular weight excluding hydrogens is 152 g/mol. The van der Waals surface area contributed by atoms with Gasteiger partial charge in [-0.25, -0.2) is 0 Å². The summed E-state index contributed by atoms with van der Waals surface area (Å²) < 4.78 is 0. The standard InChI is InChI=1S/C9H8N2O/c1-7(12)5-9-8(6-10)3-2-4-11-9/h2-4H,5H2,1H3. The Hall–Kier alpha value is -1.69. The van der Waals surface area contributed by atoms with E-state index in [1.807, 2.05) is 6.07 Å². The van der Waals surface area contributed by atoms with E-state index in [0.29, 0.717) is 11.3 Å². The summed E-state index contributed by atoms with van der Waals surface area (Å²) in [6.07, 6.45) is 1.82. The maximum Gasteiger partial charge on any atom is 0.135 e. The smallest absolute Gasteiger partial charge is 0.135 e. The van der Waals surface area contributed by atoms with Gasteiger partial charge in [0.2, 0.25) is 0 Å². The highest BCUT2D eigenvalue weighted by Gasteiger charge is 2.03. The van der Waals surface area contributed by atoms with Gasteiger partial charge in [-0.2, -0.15) is 5.26 Å². The Morgan fingerprint density at radius 3 is 3.08 bits per heavy atom. The first-order chi connectivity index (χ1) is 5.74. The Morgan fingerprint density at radius 2 is 2.50 bits per heavy atom. The van der Waals surface area contributed by atoms with Gasteiger partial charge in [-0.1, -0.05) is 0 Å². The predicted octanol–water partition coefficient (Wildman–Crippen LogP) is 1.08. The van der Waals surface area contributed by atoms with Crippen molar-refractivity contribution < 1.29 is 4.79 Å². The average molecular weight is 160 g/mol. The lowest BCUT2D eigenvalue weighted by atomic mass is 10.1. The van der Waals surface area contributed by atoms with Crippen molar-refractivity contribution in [2.24, 2.45) is 0 Å². The Bertz CT molecular complexity index is 339. The van der Waals surface area contributed by atoms with Crippen LogP contribution in [-0.4, -0.2) is 10.8 Å². The van der Waals surface area contributed by atoms with Crippen LogP contribution in [0.25, 0.3) is 0 Å². The van der Waals surface area contributed by atoms with Crippen molar-refractivity contribution in [1.29, 1.82) is 5.26 Å². The summed E-state index contributed by atoms with van der Waals surface area (Å²) in [7, 11) is 0. The molecule has 0 N–H and O–H groups in total. The van der Waals surface area contributed by atoms with Crippen molar-refractivity contribution in [3.05, 3.63) is 29.6 Å². The Kier molecular flexibility index (Phi) is 2.54. The number of ketones is 1. The zero-order chi connectivity index (χ0) is 8.97. The number of carbonyl (C=O) groups is 1. The van der Waals surface area contributed by atoms with Crippen LogP contribution in [-0.2, 0) is 11.2 Å². The first-order valence-corrected chi connectivity index (χ1v) is 3.57. The third-order valence-electron chi connectivity index (χ3n) is 1.43. The molecule has 0 saturated carbocycles. The van der Waals surface area contributed by atoms with Crippen LogP contribution >= 0.6 is 0 Å². The molecular formula is C9H8N2O. The fourth-order valence-corrected chi connectivity index (χ4v) is 0.916.